The topological polar surface area (TPSA) is 66.4 Å². The van der Waals surface area contributed by atoms with Crippen LogP contribution in [0.25, 0.3) is 0 Å². The molecule has 0 unspecified atom stereocenters. The molecule has 0 saturated carbocycles. The maximum atomic E-state index is 11.6. The van der Waals surface area contributed by atoms with E-state index >= 15 is 0 Å². The lowest BCUT2D eigenvalue weighted by Crippen LogP contribution is -2.27. The van der Waals surface area contributed by atoms with Gasteiger partial charge in [0, 0.05) is 13.1 Å². The van der Waals surface area contributed by atoms with Gasteiger partial charge in [0.15, 0.2) is 9.84 Å². The van der Waals surface area contributed by atoms with Crippen molar-refractivity contribution < 1.29 is 13.5 Å². The minimum atomic E-state index is -2.96. The number of aliphatic hydroxyl groups is 1. The third kappa shape index (κ3) is 4.76. The highest BCUT2D eigenvalue weighted by atomic mass is 32.2. The Balaban J connectivity index is 2.34. The highest BCUT2D eigenvalue weighted by molar-refractivity contribution is 7.92. The maximum absolute atomic E-state index is 11.6. The fourth-order valence-electron chi connectivity index (χ4n) is 1.45. The Morgan fingerprint density at radius 3 is 2.22 bits per heavy atom. The summed E-state index contributed by atoms with van der Waals surface area (Å²) < 4.78 is 23.1. The van der Waals surface area contributed by atoms with Gasteiger partial charge in [-0.3, -0.25) is 0 Å². The van der Waals surface area contributed by atoms with Crippen LogP contribution < -0.4 is 5.32 Å². The zero-order chi connectivity index (χ0) is 13.6. The van der Waals surface area contributed by atoms with Crippen LogP contribution in [0.4, 0.5) is 0 Å². The van der Waals surface area contributed by atoms with Crippen molar-refractivity contribution in [2.24, 2.45) is 0 Å². The second-order valence-corrected chi connectivity index (χ2v) is 7.24. The van der Waals surface area contributed by atoms with Crippen LogP contribution >= 0.6 is 0 Å². The summed E-state index contributed by atoms with van der Waals surface area (Å²) in [5.41, 5.74) is 1.95. The molecule has 2 N–H and O–H groups in total. The van der Waals surface area contributed by atoms with Gasteiger partial charge in [0.25, 0.3) is 0 Å². The molecule has 0 amide bonds. The molecule has 0 aliphatic heterocycles. The predicted molar refractivity (Wildman–Crippen MR) is 73.0 cm³/mol. The fraction of sp³-hybridized carbons (Fsp3) is 0.538. The molecule has 0 aromatic heterocycles. The number of hydrogen-bond acceptors (Lipinski definition) is 4. The van der Waals surface area contributed by atoms with Crippen LogP contribution in [-0.4, -0.2) is 31.1 Å². The Morgan fingerprint density at radius 2 is 1.72 bits per heavy atom. The summed E-state index contributed by atoms with van der Waals surface area (Å²) in [5.74, 6) is 0.166. The lowest BCUT2D eigenvalue weighted by Gasteiger charge is -2.09. The van der Waals surface area contributed by atoms with E-state index in [0.717, 1.165) is 11.1 Å². The first-order chi connectivity index (χ1) is 8.45. The molecule has 0 fully saturated rings. The molecular weight excluding hydrogens is 250 g/mol. The molecule has 0 saturated heterocycles. The summed E-state index contributed by atoms with van der Waals surface area (Å²) >= 11 is 0. The minimum Gasteiger partial charge on any atom is -0.392 e. The zero-order valence-corrected chi connectivity index (χ0v) is 11.7. The van der Waals surface area contributed by atoms with E-state index in [1.165, 1.54) is 0 Å². The van der Waals surface area contributed by atoms with Crippen molar-refractivity contribution in [3.63, 3.8) is 0 Å². The van der Waals surface area contributed by atoms with E-state index in [9.17, 15) is 8.42 Å². The van der Waals surface area contributed by atoms with Crippen molar-refractivity contribution in [3.8, 4) is 0 Å². The van der Waals surface area contributed by atoms with Gasteiger partial charge in [0.1, 0.15) is 0 Å². The molecule has 0 aliphatic rings. The summed E-state index contributed by atoms with van der Waals surface area (Å²) in [6, 6.07) is 7.58. The lowest BCUT2D eigenvalue weighted by molar-refractivity contribution is 0.282. The van der Waals surface area contributed by atoms with Crippen molar-refractivity contribution in [1.29, 1.82) is 0 Å². The van der Waals surface area contributed by atoms with Gasteiger partial charge in [-0.15, -0.1) is 0 Å². The Labute approximate surface area is 109 Å². The Hall–Kier alpha value is -0.910. The third-order valence-electron chi connectivity index (χ3n) is 2.82. The number of rotatable bonds is 7. The Kier molecular flexibility index (Phi) is 5.78. The molecule has 0 bridgehead atoms. The van der Waals surface area contributed by atoms with Crippen molar-refractivity contribution in [2.45, 2.75) is 32.2 Å². The van der Waals surface area contributed by atoms with Gasteiger partial charge < -0.3 is 10.4 Å². The molecule has 1 rings (SSSR count). The number of aliphatic hydroxyl groups excluding tert-OH is 1. The van der Waals surface area contributed by atoms with Gasteiger partial charge in [-0.2, -0.15) is 0 Å². The summed E-state index contributed by atoms with van der Waals surface area (Å²) in [4.78, 5) is 0. The van der Waals surface area contributed by atoms with E-state index in [2.05, 4.69) is 5.32 Å². The highest BCUT2D eigenvalue weighted by Gasteiger charge is 2.14. The van der Waals surface area contributed by atoms with E-state index in [0.29, 0.717) is 13.1 Å². The summed E-state index contributed by atoms with van der Waals surface area (Å²) in [5, 5.41) is 11.7. The van der Waals surface area contributed by atoms with Crippen LogP contribution in [0.15, 0.2) is 24.3 Å². The standard InChI is InChI=1S/C13H21NO3S/c1-11(2)18(16,17)8-7-14-9-12-3-5-13(10-15)6-4-12/h3-6,11,14-15H,7-10H2,1-2H3. The average Bonchev–Trinajstić information content (AvgIpc) is 2.35. The predicted octanol–water partition coefficient (Wildman–Crippen LogP) is 1.09. The van der Waals surface area contributed by atoms with Gasteiger partial charge >= 0.3 is 0 Å². The number of nitrogens with one attached hydrogen (secondary N) is 1. The molecule has 0 atom stereocenters. The molecule has 0 aliphatic carbocycles. The largest absolute Gasteiger partial charge is 0.392 e. The average molecular weight is 271 g/mol. The molecule has 0 spiro atoms. The van der Waals surface area contributed by atoms with Gasteiger partial charge in [0.2, 0.25) is 0 Å². The van der Waals surface area contributed by atoms with Crippen molar-refractivity contribution in [1.82, 2.24) is 5.32 Å². The van der Waals surface area contributed by atoms with Crippen LogP contribution in [0, 0.1) is 0 Å². The normalized spacial score (nSPS) is 12.0. The minimum absolute atomic E-state index is 0.0420. The number of hydrogen-bond donors (Lipinski definition) is 2. The molecule has 0 heterocycles. The van der Waals surface area contributed by atoms with E-state index < -0.39 is 9.84 Å². The van der Waals surface area contributed by atoms with Crippen LogP contribution in [0.2, 0.25) is 0 Å². The lowest BCUT2D eigenvalue weighted by atomic mass is 10.1. The molecular formula is C13H21NO3S. The van der Waals surface area contributed by atoms with Gasteiger partial charge in [-0.1, -0.05) is 24.3 Å². The second-order valence-electron chi connectivity index (χ2n) is 4.57. The highest BCUT2D eigenvalue weighted by Crippen LogP contribution is 2.04. The SMILES string of the molecule is CC(C)S(=O)(=O)CCNCc1ccc(CO)cc1. The molecule has 1 aromatic carbocycles. The first-order valence-corrected chi connectivity index (χ1v) is 7.78. The van der Waals surface area contributed by atoms with Crippen LogP contribution in [0.5, 0.6) is 0 Å². The monoisotopic (exact) mass is 271 g/mol. The summed E-state index contributed by atoms with van der Waals surface area (Å²) in [6.07, 6.45) is 0. The molecule has 102 valence electrons. The Morgan fingerprint density at radius 1 is 1.17 bits per heavy atom. The first-order valence-electron chi connectivity index (χ1n) is 6.06. The van der Waals surface area contributed by atoms with Crippen LogP contribution in [0.1, 0.15) is 25.0 Å². The van der Waals surface area contributed by atoms with Crippen molar-refractivity contribution in [2.75, 3.05) is 12.3 Å². The molecule has 18 heavy (non-hydrogen) atoms. The van der Waals surface area contributed by atoms with E-state index in [1.54, 1.807) is 13.8 Å². The quantitative estimate of drug-likeness (QED) is 0.729. The second kappa shape index (κ2) is 6.87. The maximum Gasteiger partial charge on any atom is 0.153 e. The fourth-order valence-corrected chi connectivity index (χ4v) is 2.35. The molecule has 0 radical (unpaired) electrons. The molecule has 5 heteroatoms. The Bertz CT molecular complexity index is 452. The van der Waals surface area contributed by atoms with Gasteiger partial charge in [0.05, 0.1) is 17.6 Å². The van der Waals surface area contributed by atoms with Crippen LogP contribution in [-0.2, 0) is 23.0 Å². The smallest absolute Gasteiger partial charge is 0.153 e. The zero-order valence-electron chi connectivity index (χ0n) is 10.9. The first kappa shape index (κ1) is 15.1. The van der Waals surface area contributed by atoms with E-state index in [4.69, 9.17) is 5.11 Å². The summed E-state index contributed by atoms with van der Waals surface area (Å²) in [7, 11) is -2.96. The van der Waals surface area contributed by atoms with Gasteiger partial charge in [-0.25, -0.2) is 8.42 Å². The van der Waals surface area contributed by atoms with Crippen LogP contribution in [0.3, 0.4) is 0 Å². The van der Waals surface area contributed by atoms with Gasteiger partial charge in [-0.05, 0) is 25.0 Å². The van der Waals surface area contributed by atoms with E-state index in [1.807, 2.05) is 24.3 Å². The molecule has 1 aromatic rings. The molecule has 4 nitrogen and oxygen atoms in total. The van der Waals surface area contributed by atoms with E-state index in [-0.39, 0.29) is 17.6 Å². The van der Waals surface area contributed by atoms with Crippen molar-refractivity contribution in [3.05, 3.63) is 35.4 Å². The number of benzene rings is 1. The summed E-state index contributed by atoms with van der Waals surface area (Å²) in [6.45, 7) is 4.54. The number of sulfone groups is 1. The van der Waals surface area contributed by atoms with Crippen molar-refractivity contribution >= 4 is 9.84 Å². The third-order valence-corrected chi connectivity index (χ3v) is 5.03.